The number of ketones is 2. The first kappa shape index (κ1) is 12.3. The molecule has 0 saturated heterocycles. The Morgan fingerprint density at radius 1 is 1.19 bits per heavy atom. The number of nitrogens with two attached hydrogens (primary N) is 1. The molecule has 1 aliphatic heterocycles. The zero-order chi connectivity index (χ0) is 16.1. The third-order valence-electron chi connectivity index (χ3n) is 3.77. The molecule has 2 amide bonds. The van der Waals surface area contributed by atoms with Crippen LogP contribution in [0.3, 0.4) is 0 Å². The first-order valence-electron chi connectivity index (χ1n) is 7.18. The summed E-state index contributed by atoms with van der Waals surface area (Å²) in [5.74, 6) is -2.43. The molecular formula is C15H14N2O4. The molecule has 3 rings (SSSR count). The average molecular weight is 287 g/mol. The number of hydrogen-bond acceptors (Lipinski definition) is 5. The maximum absolute atomic E-state index is 12.5. The lowest BCUT2D eigenvalue weighted by Crippen LogP contribution is -2.44. The molecule has 1 saturated carbocycles. The minimum Gasteiger partial charge on any atom is -0.398 e. The highest BCUT2D eigenvalue weighted by Crippen LogP contribution is 2.31. The monoisotopic (exact) mass is 287 g/mol. The first-order valence-corrected chi connectivity index (χ1v) is 6.68. The van der Waals surface area contributed by atoms with Crippen molar-refractivity contribution in [3.05, 3.63) is 29.3 Å². The normalized spacial score (nSPS) is 26.7. The molecule has 1 atom stereocenters. The summed E-state index contributed by atoms with van der Waals surface area (Å²) >= 11 is 0. The summed E-state index contributed by atoms with van der Waals surface area (Å²) in [5, 5.41) is 0. The average Bonchev–Trinajstić information content (AvgIpc) is 2.63. The SMILES string of the molecule is [2H][C@]1(N2C(=O)c3cccc(N)c3C2=O)CCCC(=O)CC1=O. The van der Waals surface area contributed by atoms with Gasteiger partial charge in [0.2, 0.25) is 0 Å². The van der Waals surface area contributed by atoms with Crippen molar-refractivity contribution in [3.63, 3.8) is 0 Å². The molecular weight excluding hydrogens is 272 g/mol. The summed E-state index contributed by atoms with van der Waals surface area (Å²) in [6.45, 7) is 0. The van der Waals surface area contributed by atoms with Crippen LogP contribution in [0.1, 0.15) is 47.8 Å². The van der Waals surface area contributed by atoms with Gasteiger partial charge in [-0.2, -0.15) is 0 Å². The number of hydrogen-bond donors (Lipinski definition) is 1. The predicted octanol–water partition coefficient (Wildman–Crippen LogP) is 0.946. The van der Waals surface area contributed by atoms with Gasteiger partial charge in [-0.15, -0.1) is 0 Å². The number of rotatable bonds is 1. The number of amides is 2. The van der Waals surface area contributed by atoms with Gasteiger partial charge in [0.15, 0.2) is 5.78 Å². The Labute approximate surface area is 122 Å². The van der Waals surface area contributed by atoms with Crippen LogP contribution in [0.2, 0.25) is 0 Å². The number of carbonyl (C=O) groups excluding carboxylic acids is 4. The second-order valence-electron chi connectivity index (χ2n) is 5.15. The summed E-state index contributed by atoms with van der Waals surface area (Å²) in [6, 6.07) is 2.44. The summed E-state index contributed by atoms with van der Waals surface area (Å²) in [5.41, 5.74) is 6.01. The van der Waals surface area contributed by atoms with E-state index in [2.05, 4.69) is 0 Å². The number of nitrogens with zero attached hydrogens (tertiary/aromatic N) is 1. The Balaban J connectivity index is 2.08. The van der Waals surface area contributed by atoms with Crippen molar-refractivity contribution in [2.45, 2.75) is 31.7 Å². The highest BCUT2D eigenvalue weighted by molar-refractivity contribution is 6.25. The van der Waals surface area contributed by atoms with Crippen LogP contribution in [-0.2, 0) is 9.59 Å². The topological polar surface area (TPSA) is 97.5 Å². The van der Waals surface area contributed by atoms with E-state index in [1.54, 1.807) is 0 Å². The first-order chi connectivity index (χ1) is 10.4. The van der Waals surface area contributed by atoms with Crippen molar-refractivity contribution < 1.29 is 20.5 Å². The number of anilines is 1. The molecule has 1 heterocycles. The number of nitrogen functional groups attached to an aromatic ring is 1. The Hall–Kier alpha value is -2.50. The second-order valence-corrected chi connectivity index (χ2v) is 5.15. The van der Waals surface area contributed by atoms with Gasteiger partial charge in [0.05, 0.1) is 24.9 Å². The summed E-state index contributed by atoms with van der Waals surface area (Å²) in [7, 11) is 0. The summed E-state index contributed by atoms with van der Waals surface area (Å²) in [4.78, 5) is 49.5. The number of imide groups is 1. The van der Waals surface area contributed by atoms with Crippen LogP contribution in [0.15, 0.2) is 18.2 Å². The molecule has 1 aliphatic carbocycles. The van der Waals surface area contributed by atoms with E-state index in [1.165, 1.54) is 18.2 Å². The van der Waals surface area contributed by atoms with Crippen LogP contribution in [-0.4, -0.2) is 34.3 Å². The molecule has 21 heavy (non-hydrogen) atoms. The van der Waals surface area contributed by atoms with E-state index >= 15 is 0 Å². The maximum Gasteiger partial charge on any atom is 0.264 e. The van der Waals surface area contributed by atoms with Crippen molar-refractivity contribution in [3.8, 4) is 0 Å². The molecule has 0 aromatic heterocycles. The number of fused-ring (bicyclic) bond motifs is 1. The van der Waals surface area contributed by atoms with E-state index in [9.17, 15) is 19.2 Å². The zero-order valence-electron chi connectivity index (χ0n) is 12.2. The summed E-state index contributed by atoms with van der Waals surface area (Å²) < 4.78 is 8.40. The molecule has 1 aromatic rings. The van der Waals surface area contributed by atoms with Crippen molar-refractivity contribution >= 4 is 29.1 Å². The molecule has 2 N–H and O–H groups in total. The molecule has 0 bridgehead atoms. The fourth-order valence-corrected chi connectivity index (χ4v) is 2.76. The molecule has 2 aliphatic rings. The molecule has 1 fully saturated rings. The van der Waals surface area contributed by atoms with E-state index in [4.69, 9.17) is 7.10 Å². The van der Waals surface area contributed by atoms with Crippen LogP contribution in [0, 0.1) is 0 Å². The van der Waals surface area contributed by atoms with Gasteiger partial charge in [0.25, 0.3) is 11.8 Å². The lowest BCUT2D eigenvalue weighted by atomic mass is 10.1. The van der Waals surface area contributed by atoms with Gasteiger partial charge >= 0.3 is 0 Å². The third kappa shape index (κ3) is 2.03. The molecule has 6 nitrogen and oxygen atoms in total. The van der Waals surface area contributed by atoms with Gasteiger partial charge in [0, 0.05) is 12.1 Å². The smallest absolute Gasteiger partial charge is 0.264 e. The van der Waals surface area contributed by atoms with Gasteiger partial charge in [-0.1, -0.05) is 6.07 Å². The van der Waals surface area contributed by atoms with Gasteiger partial charge < -0.3 is 5.73 Å². The fourth-order valence-electron chi connectivity index (χ4n) is 2.76. The van der Waals surface area contributed by atoms with E-state index in [0.29, 0.717) is 4.90 Å². The van der Waals surface area contributed by atoms with Crippen molar-refractivity contribution in [1.82, 2.24) is 4.90 Å². The molecule has 6 heteroatoms. The molecule has 0 spiro atoms. The highest BCUT2D eigenvalue weighted by Gasteiger charge is 2.44. The Morgan fingerprint density at radius 3 is 2.67 bits per heavy atom. The molecule has 108 valence electrons. The van der Waals surface area contributed by atoms with Crippen molar-refractivity contribution in [2.75, 3.05) is 5.73 Å². The van der Waals surface area contributed by atoms with Gasteiger partial charge in [-0.25, -0.2) is 0 Å². The lowest BCUT2D eigenvalue weighted by molar-refractivity contribution is -0.128. The van der Waals surface area contributed by atoms with Crippen LogP contribution < -0.4 is 5.73 Å². The largest absolute Gasteiger partial charge is 0.398 e. The Morgan fingerprint density at radius 2 is 1.95 bits per heavy atom. The van der Waals surface area contributed by atoms with E-state index in [-0.39, 0.29) is 41.9 Å². The fraction of sp³-hybridized carbons (Fsp3) is 0.333. The molecule has 0 unspecified atom stereocenters. The van der Waals surface area contributed by atoms with E-state index in [0.717, 1.165) is 0 Å². The highest BCUT2D eigenvalue weighted by atomic mass is 16.2. The lowest BCUT2D eigenvalue weighted by Gasteiger charge is -2.23. The molecule has 1 aromatic carbocycles. The van der Waals surface area contributed by atoms with Crippen LogP contribution >= 0.6 is 0 Å². The van der Waals surface area contributed by atoms with E-state index < -0.39 is 30.0 Å². The van der Waals surface area contributed by atoms with Crippen molar-refractivity contribution in [1.29, 1.82) is 0 Å². The second kappa shape index (κ2) is 4.80. The number of benzene rings is 1. The van der Waals surface area contributed by atoms with Gasteiger partial charge in [0.1, 0.15) is 5.78 Å². The van der Waals surface area contributed by atoms with Crippen molar-refractivity contribution in [2.24, 2.45) is 0 Å². The van der Waals surface area contributed by atoms with Gasteiger partial charge in [-0.05, 0) is 25.0 Å². The maximum atomic E-state index is 12.5. The minimum atomic E-state index is -2.04. The molecule has 0 radical (unpaired) electrons. The quantitative estimate of drug-likeness (QED) is 0.359. The van der Waals surface area contributed by atoms with E-state index in [1.807, 2.05) is 0 Å². The van der Waals surface area contributed by atoms with Crippen LogP contribution in [0.25, 0.3) is 0 Å². The number of carbonyl (C=O) groups is 4. The third-order valence-corrected chi connectivity index (χ3v) is 3.77. The number of Topliss-reactive ketones (excluding diaryl/α,β-unsaturated/α-hetero) is 2. The van der Waals surface area contributed by atoms with Crippen LogP contribution in [0.5, 0.6) is 0 Å². The van der Waals surface area contributed by atoms with Crippen LogP contribution in [0.4, 0.5) is 5.69 Å². The Kier molecular flexibility index (Phi) is 2.80. The predicted molar refractivity (Wildman–Crippen MR) is 73.6 cm³/mol. The Bertz CT molecular complexity index is 730. The minimum absolute atomic E-state index is 0.0301. The van der Waals surface area contributed by atoms with Gasteiger partial charge in [-0.3, -0.25) is 24.1 Å². The standard InChI is InChI=1S/C15H14N2O4/c16-10-5-2-4-9-13(10)15(21)17(14(9)20)11-6-1-3-8(18)7-12(11)19/h2,4-5,11H,1,3,6-7,16H2/t11-/m0/s1/i11D. The summed E-state index contributed by atoms with van der Waals surface area (Å²) in [6.07, 6.45) is 0.00394. The zero-order valence-corrected chi connectivity index (χ0v) is 11.2.